The highest BCUT2D eigenvalue weighted by atomic mass is 32.2. The molecule has 0 spiro atoms. The Kier molecular flexibility index (Phi) is 4.04. The maximum atomic E-state index is 4.63. The minimum Gasteiger partial charge on any atom is -0.211 e. The van der Waals surface area contributed by atoms with Gasteiger partial charge in [0.15, 0.2) is 0 Å². The lowest BCUT2D eigenvalue weighted by Crippen LogP contribution is -2.04. The summed E-state index contributed by atoms with van der Waals surface area (Å²) in [6, 6.07) is 10.9. The largest absolute Gasteiger partial charge is 0.253 e. The summed E-state index contributed by atoms with van der Waals surface area (Å²) >= 11 is 1.53. The van der Waals surface area contributed by atoms with E-state index in [1.54, 1.807) is 4.52 Å². The van der Waals surface area contributed by atoms with Gasteiger partial charge in [-0.2, -0.15) is 4.98 Å². The van der Waals surface area contributed by atoms with Crippen LogP contribution in [0.3, 0.4) is 0 Å². The minimum atomic E-state index is 0.656. The Hall–Kier alpha value is -1.88. The van der Waals surface area contributed by atoms with Crippen molar-refractivity contribution in [3.8, 4) is 11.3 Å². The highest BCUT2D eigenvalue weighted by molar-refractivity contribution is 7.98. The number of rotatable bonds is 3. The maximum Gasteiger partial charge on any atom is 0.253 e. The number of hydrogen-bond donors (Lipinski definition) is 0. The quantitative estimate of drug-likeness (QED) is 0.662. The van der Waals surface area contributed by atoms with Crippen LogP contribution in [0.2, 0.25) is 0 Å². The molecule has 0 saturated heterocycles. The van der Waals surface area contributed by atoms with Crippen LogP contribution in [0.5, 0.6) is 0 Å². The van der Waals surface area contributed by atoms with Crippen molar-refractivity contribution >= 4 is 17.5 Å². The molecule has 1 aliphatic carbocycles. The highest BCUT2D eigenvalue weighted by Crippen LogP contribution is 2.33. The monoisotopic (exact) mass is 324 g/mol. The molecule has 4 rings (SSSR count). The van der Waals surface area contributed by atoms with Crippen LogP contribution in [-0.4, -0.2) is 25.8 Å². The highest BCUT2D eigenvalue weighted by Gasteiger charge is 2.15. The van der Waals surface area contributed by atoms with Gasteiger partial charge < -0.3 is 0 Å². The van der Waals surface area contributed by atoms with Gasteiger partial charge in [-0.3, -0.25) is 0 Å². The fourth-order valence-electron chi connectivity index (χ4n) is 3.37. The summed E-state index contributed by atoms with van der Waals surface area (Å²) in [7, 11) is 0. The van der Waals surface area contributed by atoms with E-state index in [0.29, 0.717) is 5.78 Å². The first-order chi connectivity index (χ1) is 11.3. The van der Waals surface area contributed by atoms with Gasteiger partial charge in [0.05, 0.1) is 5.69 Å². The van der Waals surface area contributed by atoms with Crippen molar-refractivity contribution in [1.29, 1.82) is 0 Å². The van der Waals surface area contributed by atoms with Gasteiger partial charge in [-0.05, 0) is 36.6 Å². The number of nitrogens with zero attached hydrogens (tertiary/aromatic N) is 4. The molecule has 0 bridgehead atoms. The summed E-state index contributed by atoms with van der Waals surface area (Å²) in [5, 5.41) is 5.10. The lowest BCUT2D eigenvalue weighted by Gasteiger charge is -2.22. The Labute approximate surface area is 140 Å². The molecule has 2 heterocycles. The molecule has 4 nitrogen and oxygen atoms in total. The lowest BCUT2D eigenvalue weighted by molar-refractivity contribution is 0.443. The number of hydrogen-bond acceptors (Lipinski definition) is 4. The van der Waals surface area contributed by atoms with Crippen LogP contribution in [-0.2, 0) is 0 Å². The molecular weight excluding hydrogens is 304 g/mol. The second-order valence-electron chi connectivity index (χ2n) is 6.11. The van der Waals surface area contributed by atoms with Crippen LogP contribution in [0.15, 0.2) is 41.7 Å². The summed E-state index contributed by atoms with van der Waals surface area (Å²) in [5.41, 5.74) is 3.56. The van der Waals surface area contributed by atoms with Crippen LogP contribution < -0.4 is 0 Å². The van der Waals surface area contributed by atoms with E-state index < -0.39 is 0 Å². The zero-order valence-electron chi connectivity index (χ0n) is 13.3. The molecular formula is C18H20N4S. The average Bonchev–Trinajstić information content (AvgIpc) is 3.05. The molecule has 23 heavy (non-hydrogen) atoms. The van der Waals surface area contributed by atoms with E-state index in [4.69, 9.17) is 0 Å². The molecule has 0 amide bonds. The van der Waals surface area contributed by atoms with Gasteiger partial charge in [0.1, 0.15) is 0 Å². The van der Waals surface area contributed by atoms with Crippen LogP contribution in [0.25, 0.3) is 17.0 Å². The van der Waals surface area contributed by atoms with Gasteiger partial charge in [-0.25, -0.2) is 9.50 Å². The van der Waals surface area contributed by atoms with E-state index in [1.165, 1.54) is 49.4 Å². The van der Waals surface area contributed by atoms with Crippen molar-refractivity contribution in [2.75, 3.05) is 6.26 Å². The first-order valence-corrected chi connectivity index (χ1v) is 9.44. The zero-order valence-corrected chi connectivity index (χ0v) is 14.1. The van der Waals surface area contributed by atoms with Crippen molar-refractivity contribution in [2.45, 2.75) is 43.2 Å². The molecule has 3 aromatic rings. The summed E-state index contributed by atoms with van der Waals surface area (Å²) in [6.07, 6.45) is 10.7. The van der Waals surface area contributed by atoms with E-state index >= 15 is 0 Å². The number of thioether (sulfide) groups is 1. The predicted octanol–water partition coefficient (Wildman–Crippen LogP) is 4.56. The minimum absolute atomic E-state index is 0.656. The Morgan fingerprint density at radius 3 is 2.52 bits per heavy atom. The SMILES string of the molecule is CSc1nc2nc(-c3ccc(C4CCCCC4)cc3)ccn2n1. The molecule has 1 aromatic carbocycles. The van der Waals surface area contributed by atoms with Gasteiger partial charge in [-0.1, -0.05) is 55.3 Å². The van der Waals surface area contributed by atoms with Crippen LogP contribution in [0.4, 0.5) is 0 Å². The van der Waals surface area contributed by atoms with Gasteiger partial charge in [0.25, 0.3) is 5.78 Å². The standard InChI is InChI=1S/C18H20N4S/c1-23-18-20-17-19-16(11-12-22(17)21-18)15-9-7-14(8-10-15)13-5-3-2-4-6-13/h7-13H,2-6H2,1H3. The third-order valence-electron chi connectivity index (χ3n) is 4.65. The first kappa shape index (κ1) is 14.7. The molecule has 0 aliphatic heterocycles. The fraction of sp³-hybridized carbons (Fsp3) is 0.389. The van der Waals surface area contributed by atoms with Gasteiger partial charge in [0, 0.05) is 11.8 Å². The summed E-state index contributed by atoms with van der Waals surface area (Å²) in [5.74, 6) is 1.40. The first-order valence-electron chi connectivity index (χ1n) is 8.21. The van der Waals surface area contributed by atoms with Crippen LogP contribution in [0, 0.1) is 0 Å². The zero-order chi connectivity index (χ0) is 15.6. The fourth-order valence-corrected chi connectivity index (χ4v) is 3.71. The van der Waals surface area contributed by atoms with E-state index in [-0.39, 0.29) is 0 Å². The Bertz CT molecular complexity index is 804. The van der Waals surface area contributed by atoms with Crippen molar-refractivity contribution in [1.82, 2.24) is 19.6 Å². The van der Waals surface area contributed by atoms with Crippen molar-refractivity contribution < 1.29 is 0 Å². The molecule has 0 atom stereocenters. The second-order valence-corrected chi connectivity index (χ2v) is 6.89. The maximum absolute atomic E-state index is 4.63. The van der Waals surface area contributed by atoms with Crippen molar-refractivity contribution in [3.05, 3.63) is 42.1 Å². The lowest BCUT2D eigenvalue weighted by atomic mass is 9.84. The molecule has 1 aliphatic rings. The van der Waals surface area contributed by atoms with Crippen LogP contribution in [0.1, 0.15) is 43.6 Å². The predicted molar refractivity (Wildman–Crippen MR) is 93.8 cm³/mol. The van der Waals surface area contributed by atoms with E-state index in [0.717, 1.165) is 22.3 Å². The second kappa shape index (κ2) is 6.32. The summed E-state index contributed by atoms with van der Waals surface area (Å²) in [6.45, 7) is 0. The Balaban J connectivity index is 1.62. The average molecular weight is 324 g/mol. The van der Waals surface area contributed by atoms with E-state index in [2.05, 4.69) is 39.3 Å². The topological polar surface area (TPSA) is 43.1 Å². The smallest absolute Gasteiger partial charge is 0.211 e. The number of benzene rings is 1. The molecule has 1 saturated carbocycles. The molecule has 1 fully saturated rings. The molecule has 0 N–H and O–H groups in total. The number of aromatic nitrogens is 4. The number of fused-ring (bicyclic) bond motifs is 1. The third-order valence-corrected chi connectivity index (χ3v) is 5.19. The molecule has 0 radical (unpaired) electrons. The van der Waals surface area contributed by atoms with Crippen LogP contribution >= 0.6 is 11.8 Å². The molecule has 0 unspecified atom stereocenters. The van der Waals surface area contributed by atoms with E-state index in [1.807, 2.05) is 18.5 Å². The summed E-state index contributed by atoms with van der Waals surface area (Å²) in [4.78, 5) is 9.04. The Morgan fingerprint density at radius 2 is 1.78 bits per heavy atom. The van der Waals surface area contributed by atoms with Gasteiger partial charge in [0.2, 0.25) is 5.16 Å². The van der Waals surface area contributed by atoms with Crippen molar-refractivity contribution in [3.63, 3.8) is 0 Å². The van der Waals surface area contributed by atoms with E-state index in [9.17, 15) is 0 Å². The Morgan fingerprint density at radius 1 is 1.00 bits per heavy atom. The molecule has 118 valence electrons. The van der Waals surface area contributed by atoms with Gasteiger partial charge >= 0.3 is 0 Å². The van der Waals surface area contributed by atoms with Gasteiger partial charge in [-0.15, -0.1) is 5.10 Å². The summed E-state index contributed by atoms with van der Waals surface area (Å²) < 4.78 is 1.73. The normalized spacial score (nSPS) is 16.0. The van der Waals surface area contributed by atoms with Crippen molar-refractivity contribution in [2.24, 2.45) is 0 Å². The molecule has 5 heteroatoms. The third kappa shape index (κ3) is 2.98. The molecule has 2 aromatic heterocycles.